The van der Waals surface area contributed by atoms with Crippen LogP contribution in [0.15, 0.2) is 78.9 Å². The minimum Gasteiger partial charge on any atom is -0.355 e. The Morgan fingerprint density at radius 2 is 1.65 bits per heavy atom. The van der Waals surface area contributed by atoms with Crippen LogP contribution >= 0.6 is 11.6 Å². The van der Waals surface area contributed by atoms with E-state index in [1.54, 1.807) is 31.2 Å². The van der Waals surface area contributed by atoms with E-state index in [0.29, 0.717) is 17.1 Å². The quantitative estimate of drug-likeness (QED) is 0.394. The van der Waals surface area contributed by atoms with Crippen LogP contribution in [-0.4, -0.2) is 50.5 Å². The zero-order valence-corrected chi connectivity index (χ0v) is 22.2. The Morgan fingerprint density at radius 3 is 2.24 bits per heavy atom. The maximum absolute atomic E-state index is 13.9. The predicted octanol–water partition coefficient (Wildman–Crippen LogP) is 4.02. The Kier molecular flexibility index (Phi) is 9.66. The lowest BCUT2D eigenvalue weighted by molar-refractivity contribution is -0.140. The highest BCUT2D eigenvalue weighted by Crippen LogP contribution is 2.21. The third kappa shape index (κ3) is 8.03. The number of likely N-dealkylation sites (N-methyl/N-ethyl adjacent to an activating group) is 1. The maximum atomic E-state index is 13.9. The van der Waals surface area contributed by atoms with Gasteiger partial charge in [0.05, 0.1) is 11.9 Å². The van der Waals surface area contributed by atoms with Crippen molar-refractivity contribution in [3.63, 3.8) is 0 Å². The Bertz CT molecular complexity index is 1320. The average molecular weight is 546 g/mol. The van der Waals surface area contributed by atoms with Crippen LogP contribution in [0, 0.1) is 5.82 Å². The molecule has 0 saturated heterocycles. The first-order valence-electron chi connectivity index (χ1n) is 11.7. The fourth-order valence-electron chi connectivity index (χ4n) is 3.88. The highest BCUT2D eigenvalue weighted by atomic mass is 35.5. The molecule has 2 amide bonds. The third-order valence-corrected chi connectivity index (χ3v) is 7.06. The van der Waals surface area contributed by atoms with Gasteiger partial charge in [0.1, 0.15) is 18.4 Å². The normalized spacial score (nSPS) is 12.0. The molecule has 0 radical (unpaired) electrons. The van der Waals surface area contributed by atoms with E-state index in [9.17, 15) is 22.4 Å². The van der Waals surface area contributed by atoms with Gasteiger partial charge in [-0.15, -0.1) is 0 Å². The SMILES string of the molecule is CCNC(=O)[C@H](Cc1ccccc1)N(Cc1ccc(Cl)cc1)C(=O)CN(c1cccc(F)c1)S(C)(=O)=O. The van der Waals surface area contributed by atoms with E-state index in [0.717, 1.165) is 22.2 Å². The maximum Gasteiger partial charge on any atom is 0.244 e. The number of hydrogen-bond acceptors (Lipinski definition) is 4. The van der Waals surface area contributed by atoms with E-state index in [1.807, 2.05) is 30.3 Å². The van der Waals surface area contributed by atoms with Gasteiger partial charge in [-0.2, -0.15) is 0 Å². The van der Waals surface area contributed by atoms with Gasteiger partial charge in [-0.1, -0.05) is 60.1 Å². The number of anilines is 1. The summed E-state index contributed by atoms with van der Waals surface area (Å²) in [5, 5.41) is 3.30. The second-order valence-corrected chi connectivity index (χ2v) is 10.8. The van der Waals surface area contributed by atoms with Gasteiger partial charge in [0.2, 0.25) is 21.8 Å². The summed E-state index contributed by atoms with van der Waals surface area (Å²) in [7, 11) is -3.96. The molecule has 3 rings (SSSR count). The molecule has 0 saturated carbocycles. The van der Waals surface area contributed by atoms with Gasteiger partial charge in [-0.25, -0.2) is 12.8 Å². The van der Waals surface area contributed by atoms with Crippen molar-refractivity contribution in [2.24, 2.45) is 0 Å². The van der Waals surface area contributed by atoms with Gasteiger partial charge in [0.25, 0.3) is 0 Å². The van der Waals surface area contributed by atoms with E-state index >= 15 is 0 Å². The van der Waals surface area contributed by atoms with Crippen LogP contribution in [0.25, 0.3) is 0 Å². The molecule has 0 aromatic heterocycles. The molecular weight excluding hydrogens is 517 g/mol. The standard InChI is InChI=1S/C27H29ClFN3O4S/c1-3-30-27(34)25(16-20-8-5-4-6-9-20)31(18-21-12-14-22(28)15-13-21)26(33)19-32(37(2,35)36)24-11-7-10-23(29)17-24/h4-15,17,25H,3,16,18-19H2,1-2H3,(H,30,34)/t25-/m0/s1. The first kappa shape index (κ1) is 28.1. The number of benzene rings is 3. The minimum atomic E-state index is -3.96. The van der Waals surface area contributed by atoms with Crippen molar-refractivity contribution in [3.8, 4) is 0 Å². The van der Waals surface area contributed by atoms with Crippen molar-refractivity contribution >= 4 is 39.1 Å². The number of rotatable bonds is 11. The molecule has 10 heteroatoms. The summed E-state index contributed by atoms with van der Waals surface area (Å²) in [6.45, 7) is 1.55. The zero-order chi connectivity index (χ0) is 27.0. The van der Waals surface area contributed by atoms with E-state index < -0.39 is 34.3 Å². The first-order chi connectivity index (χ1) is 17.6. The molecule has 0 aliphatic heterocycles. The van der Waals surface area contributed by atoms with Crippen LogP contribution in [0.5, 0.6) is 0 Å². The van der Waals surface area contributed by atoms with Crippen LogP contribution < -0.4 is 9.62 Å². The van der Waals surface area contributed by atoms with Crippen LogP contribution in [0.2, 0.25) is 5.02 Å². The van der Waals surface area contributed by atoms with Crippen molar-refractivity contribution in [1.29, 1.82) is 0 Å². The summed E-state index contributed by atoms with van der Waals surface area (Å²) in [6, 6.07) is 20.1. The molecule has 0 aliphatic carbocycles. The van der Waals surface area contributed by atoms with E-state index in [1.165, 1.54) is 23.1 Å². The van der Waals surface area contributed by atoms with Crippen molar-refractivity contribution < 1.29 is 22.4 Å². The third-order valence-electron chi connectivity index (χ3n) is 5.66. The molecule has 37 heavy (non-hydrogen) atoms. The number of hydrogen-bond donors (Lipinski definition) is 1. The lowest BCUT2D eigenvalue weighted by Gasteiger charge is -2.33. The molecule has 1 N–H and O–H groups in total. The molecule has 196 valence electrons. The predicted molar refractivity (Wildman–Crippen MR) is 143 cm³/mol. The van der Waals surface area contributed by atoms with E-state index in [-0.39, 0.29) is 24.6 Å². The number of nitrogens with one attached hydrogen (secondary N) is 1. The summed E-state index contributed by atoms with van der Waals surface area (Å²) in [6.07, 6.45) is 1.16. The summed E-state index contributed by atoms with van der Waals surface area (Å²) in [4.78, 5) is 28.4. The summed E-state index contributed by atoms with van der Waals surface area (Å²) >= 11 is 6.02. The van der Waals surface area contributed by atoms with Crippen LogP contribution in [-0.2, 0) is 32.6 Å². The molecule has 3 aromatic rings. The smallest absolute Gasteiger partial charge is 0.244 e. The number of carbonyl (C=O) groups excluding carboxylic acids is 2. The molecule has 0 unspecified atom stereocenters. The largest absolute Gasteiger partial charge is 0.355 e. The highest BCUT2D eigenvalue weighted by Gasteiger charge is 2.32. The molecular formula is C27H29ClFN3O4S. The lowest BCUT2D eigenvalue weighted by atomic mass is 10.0. The molecule has 0 aliphatic rings. The van der Waals surface area contributed by atoms with Crippen molar-refractivity contribution in [1.82, 2.24) is 10.2 Å². The summed E-state index contributed by atoms with van der Waals surface area (Å²) < 4.78 is 40.0. The first-order valence-corrected chi connectivity index (χ1v) is 13.9. The Balaban J connectivity index is 2.03. The van der Waals surface area contributed by atoms with E-state index in [4.69, 9.17) is 11.6 Å². The second kappa shape index (κ2) is 12.7. The van der Waals surface area contributed by atoms with Gasteiger partial charge < -0.3 is 10.2 Å². The molecule has 0 heterocycles. The lowest BCUT2D eigenvalue weighted by Crippen LogP contribution is -2.53. The fourth-order valence-corrected chi connectivity index (χ4v) is 4.84. The zero-order valence-electron chi connectivity index (χ0n) is 20.6. The molecule has 0 bridgehead atoms. The Hall–Kier alpha value is -3.43. The monoisotopic (exact) mass is 545 g/mol. The second-order valence-electron chi connectivity index (χ2n) is 8.50. The Labute approximate surface area is 221 Å². The number of halogens is 2. The molecule has 0 fully saturated rings. The topological polar surface area (TPSA) is 86.8 Å². The van der Waals surface area contributed by atoms with Crippen LogP contribution in [0.1, 0.15) is 18.1 Å². The molecule has 0 spiro atoms. The molecule has 7 nitrogen and oxygen atoms in total. The van der Waals surface area contributed by atoms with Gasteiger partial charge in [0, 0.05) is 24.5 Å². The molecule has 1 atom stereocenters. The van der Waals surface area contributed by atoms with Crippen molar-refractivity contribution in [2.75, 3.05) is 23.7 Å². The average Bonchev–Trinajstić information content (AvgIpc) is 2.85. The van der Waals surface area contributed by atoms with E-state index in [2.05, 4.69) is 5.32 Å². The van der Waals surface area contributed by atoms with Crippen LogP contribution in [0.4, 0.5) is 10.1 Å². The Morgan fingerprint density at radius 1 is 0.973 bits per heavy atom. The number of nitrogens with zero attached hydrogens (tertiary/aromatic N) is 2. The van der Waals surface area contributed by atoms with Crippen molar-refractivity contribution in [2.45, 2.75) is 25.9 Å². The summed E-state index contributed by atoms with van der Waals surface area (Å²) in [5.74, 6) is -1.62. The van der Waals surface area contributed by atoms with Gasteiger partial charge in [0.15, 0.2) is 0 Å². The number of amides is 2. The number of carbonyl (C=O) groups is 2. The van der Waals surface area contributed by atoms with Crippen molar-refractivity contribution in [3.05, 3.63) is 101 Å². The van der Waals surface area contributed by atoms with Gasteiger partial charge in [-0.3, -0.25) is 13.9 Å². The minimum absolute atomic E-state index is 0.0138. The fraction of sp³-hybridized carbons (Fsp3) is 0.259. The highest BCUT2D eigenvalue weighted by molar-refractivity contribution is 7.92. The summed E-state index contributed by atoms with van der Waals surface area (Å²) in [5.41, 5.74) is 1.55. The van der Waals surface area contributed by atoms with Crippen LogP contribution in [0.3, 0.4) is 0 Å². The van der Waals surface area contributed by atoms with Gasteiger partial charge >= 0.3 is 0 Å². The number of sulfonamides is 1. The molecule has 3 aromatic carbocycles. The van der Waals surface area contributed by atoms with Gasteiger partial charge in [-0.05, 0) is 48.4 Å².